The molecule has 104 valence electrons. The van der Waals surface area contributed by atoms with Crippen molar-refractivity contribution in [2.24, 2.45) is 0 Å². The summed E-state index contributed by atoms with van der Waals surface area (Å²) >= 11 is 17.3. The highest BCUT2D eigenvalue weighted by molar-refractivity contribution is 6.36. The highest BCUT2D eigenvalue weighted by Gasteiger charge is 2.12. The van der Waals surface area contributed by atoms with Gasteiger partial charge in [0.15, 0.2) is 6.61 Å². The molecule has 0 spiro atoms. The molecule has 0 unspecified atom stereocenters. The van der Waals surface area contributed by atoms with Gasteiger partial charge in [-0.15, -0.1) is 0 Å². The largest absolute Gasteiger partial charge is 0.485 e. The number of Topliss-reactive ketones (excluding diaryl/α,β-unsaturated/α-hetero) is 1. The van der Waals surface area contributed by atoms with Gasteiger partial charge in [0.2, 0.25) is 5.78 Å². The first-order valence-corrected chi connectivity index (χ1v) is 6.67. The van der Waals surface area contributed by atoms with Crippen molar-refractivity contribution in [1.29, 1.82) is 0 Å². The Hall–Kier alpha value is -1.29. The Morgan fingerprint density at radius 3 is 2.45 bits per heavy atom. The third kappa shape index (κ3) is 3.63. The molecule has 0 saturated carbocycles. The summed E-state index contributed by atoms with van der Waals surface area (Å²) in [5.41, 5.74) is 0.258. The molecule has 0 aliphatic rings. The lowest BCUT2D eigenvalue weighted by atomic mass is 10.1. The molecule has 0 radical (unpaired) electrons. The van der Waals surface area contributed by atoms with Gasteiger partial charge < -0.3 is 4.74 Å². The predicted molar refractivity (Wildman–Crippen MR) is 77.7 cm³/mol. The second-order valence-corrected chi connectivity index (χ2v) is 5.16. The van der Waals surface area contributed by atoms with Crippen LogP contribution in [0.5, 0.6) is 5.75 Å². The maximum absolute atomic E-state index is 13.2. The highest BCUT2D eigenvalue weighted by atomic mass is 35.5. The zero-order chi connectivity index (χ0) is 14.7. The Kier molecular flexibility index (Phi) is 4.86. The third-order valence-corrected chi connectivity index (χ3v) is 3.36. The van der Waals surface area contributed by atoms with Crippen molar-refractivity contribution < 1.29 is 13.9 Å². The number of carbonyl (C=O) groups is 1. The molecule has 0 atom stereocenters. The van der Waals surface area contributed by atoms with Gasteiger partial charge in [0, 0.05) is 16.7 Å². The molecule has 2 nitrogen and oxygen atoms in total. The zero-order valence-electron chi connectivity index (χ0n) is 10.00. The van der Waals surface area contributed by atoms with Crippen molar-refractivity contribution in [2.75, 3.05) is 6.61 Å². The van der Waals surface area contributed by atoms with Crippen molar-refractivity contribution >= 4 is 40.6 Å². The van der Waals surface area contributed by atoms with Crippen LogP contribution >= 0.6 is 34.8 Å². The number of halogens is 4. The minimum atomic E-state index is -0.614. The van der Waals surface area contributed by atoms with Crippen molar-refractivity contribution in [3.8, 4) is 5.75 Å². The maximum Gasteiger partial charge on any atom is 0.201 e. The maximum atomic E-state index is 13.2. The molecule has 20 heavy (non-hydrogen) atoms. The van der Waals surface area contributed by atoms with Gasteiger partial charge in [-0.1, -0.05) is 34.8 Å². The van der Waals surface area contributed by atoms with Gasteiger partial charge in [0.1, 0.15) is 11.6 Å². The van der Waals surface area contributed by atoms with E-state index in [4.69, 9.17) is 39.5 Å². The van der Waals surface area contributed by atoms with E-state index in [0.29, 0.717) is 5.02 Å². The lowest BCUT2D eigenvalue weighted by molar-refractivity contribution is 0.0921. The Labute approximate surface area is 130 Å². The van der Waals surface area contributed by atoms with E-state index in [1.54, 1.807) is 6.07 Å². The number of hydrogen-bond acceptors (Lipinski definition) is 2. The van der Waals surface area contributed by atoms with E-state index in [9.17, 15) is 9.18 Å². The van der Waals surface area contributed by atoms with Crippen molar-refractivity contribution in [2.45, 2.75) is 0 Å². The first kappa shape index (κ1) is 15.1. The molecule has 2 aromatic carbocycles. The average Bonchev–Trinajstić information content (AvgIpc) is 2.42. The normalized spacial score (nSPS) is 10.4. The van der Waals surface area contributed by atoms with Gasteiger partial charge in [-0.2, -0.15) is 0 Å². The van der Waals surface area contributed by atoms with E-state index in [0.717, 1.165) is 6.07 Å². The molecule has 0 heterocycles. The molecule has 2 rings (SSSR count). The van der Waals surface area contributed by atoms with Crippen LogP contribution in [0.1, 0.15) is 10.4 Å². The number of rotatable bonds is 4. The van der Waals surface area contributed by atoms with Crippen molar-refractivity contribution in [3.63, 3.8) is 0 Å². The van der Waals surface area contributed by atoms with Gasteiger partial charge in [-0.3, -0.25) is 4.79 Å². The number of carbonyl (C=O) groups excluding carboxylic acids is 1. The molecule has 0 aliphatic carbocycles. The fourth-order valence-corrected chi connectivity index (χ4v) is 2.02. The van der Waals surface area contributed by atoms with Gasteiger partial charge in [0.25, 0.3) is 0 Å². The molecule has 2 aromatic rings. The Bertz CT molecular complexity index is 659. The Morgan fingerprint density at radius 1 is 1.05 bits per heavy atom. The molecular weight excluding hydrogens is 326 g/mol. The van der Waals surface area contributed by atoms with Crippen LogP contribution in [0.2, 0.25) is 15.1 Å². The van der Waals surface area contributed by atoms with E-state index in [2.05, 4.69) is 0 Å². The second-order valence-electron chi connectivity index (χ2n) is 3.91. The topological polar surface area (TPSA) is 26.3 Å². The van der Waals surface area contributed by atoms with E-state index < -0.39 is 5.82 Å². The third-order valence-electron chi connectivity index (χ3n) is 2.49. The van der Waals surface area contributed by atoms with Crippen LogP contribution < -0.4 is 4.74 Å². The minimum absolute atomic E-state index is 0.0124. The highest BCUT2D eigenvalue weighted by Crippen LogP contribution is 2.23. The standard InChI is InChI=1S/C14H8Cl3FO2/c15-8-1-3-11(16)10(5-8)14(19)7-20-9-2-4-12(17)13(18)6-9/h1-6H,7H2. The van der Waals surface area contributed by atoms with E-state index in [-0.39, 0.29) is 33.7 Å². The summed E-state index contributed by atoms with van der Waals surface area (Å²) in [6.45, 7) is -0.277. The summed E-state index contributed by atoms with van der Waals surface area (Å²) in [6, 6.07) is 8.49. The smallest absolute Gasteiger partial charge is 0.201 e. The minimum Gasteiger partial charge on any atom is -0.485 e. The summed E-state index contributed by atoms with van der Waals surface area (Å²) in [5.74, 6) is -0.760. The monoisotopic (exact) mass is 332 g/mol. The molecule has 0 N–H and O–H groups in total. The Balaban J connectivity index is 2.08. The zero-order valence-corrected chi connectivity index (χ0v) is 12.3. The number of hydrogen-bond donors (Lipinski definition) is 0. The molecule has 6 heteroatoms. The first-order chi connectivity index (χ1) is 9.47. The lowest BCUT2D eigenvalue weighted by Gasteiger charge is -2.07. The van der Waals surface area contributed by atoms with Crippen LogP contribution in [0.3, 0.4) is 0 Å². The van der Waals surface area contributed by atoms with Gasteiger partial charge in [0.05, 0.1) is 10.0 Å². The summed E-state index contributed by atoms with van der Waals surface area (Å²) < 4.78 is 18.4. The summed E-state index contributed by atoms with van der Waals surface area (Å²) in [6.07, 6.45) is 0. The first-order valence-electron chi connectivity index (χ1n) is 5.53. The van der Waals surface area contributed by atoms with Crippen LogP contribution in [0.25, 0.3) is 0 Å². The molecule has 0 aromatic heterocycles. The fraction of sp³-hybridized carbons (Fsp3) is 0.0714. The molecule has 0 aliphatic heterocycles. The van der Waals surface area contributed by atoms with Crippen molar-refractivity contribution in [1.82, 2.24) is 0 Å². The van der Waals surface area contributed by atoms with Gasteiger partial charge in [-0.05, 0) is 30.3 Å². The van der Waals surface area contributed by atoms with Crippen LogP contribution in [0.15, 0.2) is 36.4 Å². The van der Waals surface area contributed by atoms with Gasteiger partial charge in [-0.25, -0.2) is 4.39 Å². The predicted octanol–water partition coefficient (Wildman–Crippen LogP) is 5.05. The molecule has 0 saturated heterocycles. The van der Waals surface area contributed by atoms with Crippen LogP contribution in [-0.2, 0) is 0 Å². The molecule has 0 fully saturated rings. The number of benzene rings is 2. The SMILES string of the molecule is O=C(COc1ccc(Cl)c(F)c1)c1cc(Cl)ccc1Cl. The summed E-state index contributed by atoms with van der Waals surface area (Å²) in [4.78, 5) is 12.0. The van der Waals surface area contributed by atoms with E-state index >= 15 is 0 Å². The average molecular weight is 334 g/mol. The fourth-order valence-electron chi connectivity index (χ4n) is 1.50. The molecule has 0 bridgehead atoms. The lowest BCUT2D eigenvalue weighted by Crippen LogP contribution is -2.12. The van der Waals surface area contributed by atoms with Crippen LogP contribution in [0, 0.1) is 5.82 Å². The number of ketones is 1. The number of ether oxygens (including phenoxy) is 1. The Morgan fingerprint density at radius 2 is 1.75 bits per heavy atom. The van der Waals surface area contributed by atoms with Crippen molar-refractivity contribution in [3.05, 3.63) is 62.8 Å². The van der Waals surface area contributed by atoms with Gasteiger partial charge >= 0.3 is 0 Å². The summed E-state index contributed by atoms with van der Waals surface area (Å²) in [5, 5.41) is 0.669. The molecule has 0 amide bonds. The van der Waals surface area contributed by atoms with E-state index in [1.807, 2.05) is 0 Å². The van der Waals surface area contributed by atoms with Crippen LogP contribution in [-0.4, -0.2) is 12.4 Å². The quantitative estimate of drug-likeness (QED) is 0.732. The van der Waals surface area contributed by atoms with E-state index in [1.165, 1.54) is 24.3 Å². The molecular formula is C14H8Cl3FO2. The second kappa shape index (κ2) is 6.44. The summed E-state index contributed by atoms with van der Waals surface area (Å²) in [7, 11) is 0. The van der Waals surface area contributed by atoms with Crippen LogP contribution in [0.4, 0.5) is 4.39 Å².